The third-order valence-electron chi connectivity index (χ3n) is 3.02. The molecule has 0 unspecified atom stereocenters. The minimum absolute atomic E-state index is 0.542. The normalized spacial score (nSPS) is 19.8. The summed E-state index contributed by atoms with van der Waals surface area (Å²) >= 11 is 0. The van der Waals surface area contributed by atoms with Crippen LogP contribution in [0.15, 0.2) is 11.3 Å². The second kappa shape index (κ2) is 5.70. The number of nitrogens with one attached hydrogen (secondary N) is 1. The summed E-state index contributed by atoms with van der Waals surface area (Å²) in [7, 11) is 0. The first-order valence-electron chi connectivity index (χ1n) is 5.64. The Morgan fingerprint density at radius 1 is 1.36 bits per heavy atom. The van der Waals surface area contributed by atoms with E-state index >= 15 is 0 Å². The highest BCUT2D eigenvalue weighted by Crippen LogP contribution is 2.19. The van der Waals surface area contributed by atoms with Gasteiger partial charge in [0.25, 0.3) is 0 Å². The fourth-order valence-corrected chi connectivity index (χ4v) is 1.88. The molecular formula is C12H20N2. The van der Waals surface area contributed by atoms with Crippen LogP contribution < -0.4 is 5.32 Å². The van der Waals surface area contributed by atoms with Crippen LogP contribution in [0.1, 0.15) is 52.4 Å². The molecule has 14 heavy (non-hydrogen) atoms. The van der Waals surface area contributed by atoms with E-state index in [9.17, 15) is 0 Å². The maximum Gasteiger partial charge on any atom is 0.117 e. The molecule has 0 spiro atoms. The van der Waals surface area contributed by atoms with E-state index in [1.165, 1.54) is 37.7 Å². The highest BCUT2D eigenvalue weighted by molar-refractivity contribution is 5.25. The molecule has 1 saturated carbocycles. The lowest BCUT2D eigenvalue weighted by Gasteiger charge is -2.23. The average molecular weight is 192 g/mol. The molecule has 0 aromatic carbocycles. The summed E-state index contributed by atoms with van der Waals surface area (Å²) in [5.41, 5.74) is 1.98. The van der Waals surface area contributed by atoms with Crippen molar-refractivity contribution >= 4 is 0 Å². The summed E-state index contributed by atoms with van der Waals surface area (Å²) in [6, 6.07) is 2.81. The van der Waals surface area contributed by atoms with Gasteiger partial charge < -0.3 is 5.32 Å². The van der Waals surface area contributed by atoms with Crippen molar-refractivity contribution in [2.24, 2.45) is 0 Å². The second-order valence-corrected chi connectivity index (χ2v) is 4.10. The van der Waals surface area contributed by atoms with Gasteiger partial charge in [-0.2, -0.15) is 5.26 Å². The van der Waals surface area contributed by atoms with Crippen LogP contribution in [0.3, 0.4) is 0 Å². The van der Waals surface area contributed by atoms with Gasteiger partial charge in [0.1, 0.15) is 11.8 Å². The highest BCUT2D eigenvalue weighted by Gasteiger charge is 2.14. The van der Waals surface area contributed by atoms with Gasteiger partial charge in [-0.3, -0.25) is 0 Å². The van der Waals surface area contributed by atoms with E-state index in [-0.39, 0.29) is 0 Å². The number of hydrogen-bond acceptors (Lipinski definition) is 2. The van der Waals surface area contributed by atoms with Crippen molar-refractivity contribution in [3.8, 4) is 6.07 Å². The van der Waals surface area contributed by atoms with Crippen LogP contribution in [0.2, 0.25) is 0 Å². The lowest BCUT2D eigenvalue weighted by molar-refractivity contribution is 0.398. The molecule has 0 heterocycles. The number of allylic oxidation sites excluding steroid dienone is 2. The van der Waals surface area contributed by atoms with E-state index in [0.717, 1.165) is 12.1 Å². The Labute approximate surface area is 87.0 Å². The van der Waals surface area contributed by atoms with Gasteiger partial charge in [-0.1, -0.05) is 26.2 Å². The lowest BCUT2D eigenvalue weighted by Crippen LogP contribution is -2.30. The molecule has 1 aliphatic carbocycles. The Morgan fingerprint density at radius 3 is 2.50 bits per heavy atom. The van der Waals surface area contributed by atoms with Gasteiger partial charge in [0.05, 0.1) is 0 Å². The fourth-order valence-electron chi connectivity index (χ4n) is 1.88. The topological polar surface area (TPSA) is 35.8 Å². The zero-order valence-electron chi connectivity index (χ0n) is 9.27. The molecule has 2 nitrogen and oxygen atoms in total. The van der Waals surface area contributed by atoms with Crippen LogP contribution >= 0.6 is 0 Å². The quantitative estimate of drug-likeness (QED) is 0.697. The number of hydrogen-bond donors (Lipinski definition) is 1. The van der Waals surface area contributed by atoms with E-state index in [1.807, 2.05) is 6.92 Å². The predicted molar refractivity (Wildman–Crippen MR) is 58.6 cm³/mol. The Morgan fingerprint density at radius 2 is 2.00 bits per heavy atom. The molecule has 2 heteroatoms. The third kappa shape index (κ3) is 3.06. The zero-order valence-corrected chi connectivity index (χ0v) is 9.27. The van der Waals surface area contributed by atoms with Crippen LogP contribution in [-0.4, -0.2) is 6.04 Å². The standard InChI is InChI=1S/C12H20N2/c1-3-10(2)12(9-13)14-11-7-5-4-6-8-11/h11,14H,3-8H2,1-2H3/b12-10+. The molecular weight excluding hydrogens is 172 g/mol. The van der Waals surface area contributed by atoms with Gasteiger partial charge in [-0.25, -0.2) is 0 Å². The van der Waals surface area contributed by atoms with Crippen molar-refractivity contribution in [3.63, 3.8) is 0 Å². The maximum atomic E-state index is 8.99. The Kier molecular flexibility index (Phi) is 4.52. The van der Waals surface area contributed by atoms with Crippen molar-refractivity contribution in [1.82, 2.24) is 5.32 Å². The third-order valence-corrected chi connectivity index (χ3v) is 3.02. The number of rotatable bonds is 3. The zero-order chi connectivity index (χ0) is 10.4. The number of nitrogens with zero attached hydrogens (tertiary/aromatic N) is 1. The molecule has 1 aliphatic rings. The van der Waals surface area contributed by atoms with Crippen LogP contribution in [0.4, 0.5) is 0 Å². The van der Waals surface area contributed by atoms with Crippen LogP contribution in [0.25, 0.3) is 0 Å². The summed E-state index contributed by atoms with van der Waals surface area (Å²) in [4.78, 5) is 0. The minimum Gasteiger partial charge on any atom is -0.374 e. The molecule has 0 bridgehead atoms. The SMILES string of the molecule is CC/C(C)=C(\C#N)NC1CCCCC1. The molecule has 78 valence electrons. The van der Waals surface area contributed by atoms with Crippen LogP contribution in [0, 0.1) is 11.3 Å². The first kappa shape index (κ1) is 11.1. The Hall–Kier alpha value is -0.970. The van der Waals surface area contributed by atoms with Crippen molar-refractivity contribution < 1.29 is 0 Å². The van der Waals surface area contributed by atoms with E-state index in [2.05, 4.69) is 18.3 Å². The van der Waals surface area contributed by atoms with Crippen molar-refractivity contribution in [1.29, 1.82) is 5.26 Å². The molecule has 1 N–H and O–H groups in total. The van der Waals surface area contributed by atoms with Gasteiger partial charge in [0.2, 0.25) is 0 Å². The first-order valence-corrected chi connectivity index (χ1v) is 5.64. The fraction of sp³-hybridized carbons (Fsp3) is 0.750. The molecule has 0 aromatic rings. The summed E-state index contributed by atoms with van der Waals surface area (Å²) in [5.74, 6) is 0. The maximum absolute atomic E-state index is 8.99. The molecule has 1 rings (SSSR count). The van der Waals surface area contributed by atoms with Crippen molar-refractivity contribution in [3.05, 3.63) is 11.3 Å². The molecule has 0 aromatic heterocycles. The van der Waals surface area contributed by atoms with Gasteiger partial charge >= 0.3 is 0 Å². The number of nitriles is 1. The summed E-state index contributed by atoms with van der Waals surface area (Å²) in [6.07, 6.45) is 7.38. The monoisotopic (exact) mass is 192 g/mol. The summed E-state index contributed by atoms with van der Waals surface area (Å²) in [5, 5.41) is 12.4. The lowest BCUT2D eigenvalue weighted by atomic mass is 9.95. The van der Waals surface area contributed by atoms with E-state index < -0.39 is 0 Å². The van der Waals surface area contributed by atoms with E-state index in [4.69, 9.17) is 5.26 Å². The van der Waals surface area contributed by atoms with Gasteiger partial charge in [-0.15, -0.1) is 0 Å². The molecule has 1 fully saturated rings. The van der Waals surface area contributed by atoms with Gasteiger partial charge in [0, 0.05) is 6.04 Å². The van der Waals surface area contributed by atoms with Crippen LogP contribution in [0.5, 0.6) is 0 Å². The summed E-state index contributed by atoms with van der Waals surface area (Å²) < 4.78 is 0. The Bertz CT molecular complexity index is 242. The smallest absolute Gasteiger partial charge is 0.117 e. The Balaban J connectivity index is 2.52. The van der Waals surface area contributed by atoms with Crippen LogP contribution in [-0.2, 0) is 0 Å². The molecule has 0 atom stereocenters. The van der Waals surface area contributed by atoms with E-state index in [0.29, 0.717) is 6.04 Å². The molecule has 0 amide bonds. The summed E-state index contributed by atoms with van der Waals surface area (Å²) in [6.45, 7) is 4.13. The first-order chi connectivity index (χ1) is 6.77. The predicted octanol–water partition coefficient (Wildman–Crippen LogP) is 3.12. The van der Waals surface area contributed by atoms with Gasteiger partial charge in [-0.05, 0) is 31.8 Å². The van der Waals surface area contributed by atoms with Gasteiger partial charge in [0.15, 0.2) is 0 Å². The van der Waals surface area contributed by atoms with Crippen molar-refractivity contribution in [2.45, 2.75) is 58.4 Å². The largest absolute Gasteiger partial charge is 0.374 e. The molecule has 0 radical (unpaired) electrons. The minimum atomic E-state index is 0.542. The second-order valence-electron chi connectivity index (χ2n) is 4.10. The molecule has 0 saturated heterocycles. The highest BCUT2D eigenvalue weighted by atomic mass is 14.9. The van der Waals surface area contributed by atoms with Crippen molar-refractivity contribution in [2.75, 3.05) is 0 Å². The van der Waals surface area contributed by atoms with E-state index in [1.54, 1.807) is 0 Å². The average Bonchev–Trinajstić information content (AvgIpc) is 2.26. The molecule has 0 aliphatic heterocycles.